The molecule has 148 valence electrons. The molecule has 0 spiro atoms. The highest BCUT2D eigenvalue weighted by molar-refractivity contribution is 5.97. The van der Waals surface area contributed by atoms with Gasteiger partial charge in [-0.25, -0.2) is 0 Å². The van der Waals surface area contributed by atoms with Crippen molar-refractivity contribution in [3.8, 4) is 0 Å². The van der Waals surface area contributed by atoms with E-state index in [0.717, 1.165) is 30.8 Å². The van der Waals surface area contributed by atoms with Crippen LogP contribution in [-0.2, 0) is 9.53 Å². The molecule has 1 amide bonds. The Kier molecular flexibility index (Phi) is 7.12. The molecule has 2 rings (SSSR count). The average molecular weight is 379 g/mol. The molecule has 1 aliphatic heterocycles. The molecule has 0 aromatic heterocycles. The summed E-state index contributed by atoms with van der Waals surface area (Å²) < 4.78 is 4.91. The van der Waals surface area contributed by atoms with E-state index in [1.807, 2.05) is 4.90 Å². The lowest BCUT2D eigenvalue weighted by atomic mass is 9.98. The number of carbonyl (C=O) groups is 2. The topological polar surface area (TPSA) is 113 Å². The van der Waals surface area contributed by atoms with E-state index >= 15 is 0 Å². The average Bonchev–Trinajstić information content (AvgIpc) is 2.64. The molecule has 1 heterocycles. The van der Waals surface area contributed by atoms with Crippen LogP contribution in [0.15, 0.2) is 18.2 Å². The Morgan fingerprint density at radius 1 is 1.37 bits per heavy atom. The summed E-state index contributed by atoms with van der Waals surface area (Å²) in [7, 11) is 1.45. The van der Waals surface area contributed by atoms with Gasteiger partial charge < -0.3 is 19.6 Å². The van der Waals surface area contributed by atoms with Gasteiger partial charge >= 0.3 is 5.97 Å². The number of carbonyl (C=O) groups excluding carboxylic acids is 1. The zero-order valence-corrected chi connectivity index (χ0v) is 15.6. The third-order valence-corrected chi connectivity index (χ3v) is 4.72. The summed E-state index contributed by atoms with van der Waals surface area (Å²) in [6, 6.07) is 4.33. The van der Waals surface area contributed by atoms with Crippen molar-refractivity contribution >= 4 is 23.3 Å². The Bertz CT molecular complexity index is 700. The molecule has 1 aromatic rings. The quantitative estimate of drug-likeness (QED) is 0.543. The molecule has 0 bridgehead atoms. The van der Waals surface area contributed by atoms with Crippen LogP contribution in [0.3, 0.4) is 0 Å². The summed E-state index contributed by atoms with van der Waals surface area (Å²) in [5, 5.41) is 20.6. The predicted molar refractivity (Wildman–Crippen MR) is 99.1 cm³/mol. The minimum Gasteiger partial charge on any atom is -0.480 e. The SMILES string of the molecule is COCCN(CC(=O)O)C(=O)c1ccc(N2CCC(C)CC2)c([N+](=O)[O-])c1. The highest BCUT2D eigenvalue weighted by Crippen LogP contribution is 2.32. The lowest BCUT2D eigenvalue weighted by Crippen LogP contribution is -2.38. The van der Waals surface area contributed by atoms with Gasteiger partial charge in [-0.3, -0.25) is 19.7 Å². The van der Waals surface area contributed by atoms with Gasteiger partial charge in [0.2, 0.25) is 0 Å². The molecule has 9 nitrogen and oxygen atoms in total. The van der Waals surface area contributed by atoms with Crippen LogP contribution in [-0.4, -0.2) is 66.7 Å². The van der Waals surface area contributed by atoms with E-state index in [1.54, 1.807) is 6.07 Å². The molecule has 1 aromatic carbocycles. The van der Waals surface area contributed by atoms with Crippen molar-refractivity contribution in [2.75, 3.05) is 44.8 Å². The maximum absolute atomic E-state index is 12.7. The van der Waals surface area contributed by atoms with Crippen molar-refractivity contribution in [3.05, 3.63) is 33.9 Å². The van der Waals surface area contributed by atoms with Crippen molar-refractivity contribution in [2.24, 2.45) is 5.92 Å². The number of carboxylic acid groups (broad SMARTS) is 1. The van der Waals surface area contributed by atoms with E-state index in [4.69, 9.17) is 9.84 Å². The molecule has 1 fully saturated rings. The maximum Gasteiger partial charge on any atom is 0.323 e. The molecule has 1 N–H and O–H groups in total. The van der Waals surface area contributed by atoms with Gasteiger partial charge in [0.05, 0.1) is 11.5 Å². The van der Waals surface area contributed by atoms with E-state index in [0.29, 0.717) is 11.6 Å². The number of carboxylic acids is 1. The van der Waals surface area contributed by atoms with Gasteiger partial charge in [0.15, 0.2) is 0 Å². The first kappa shape index (κ1) is 20.6. The van der Waals surface area contributed by atoms with Crippen molar-refractivity contribution in [3.63, 3.8) is 0 Å². The molecule has 27 heavy (non-hydrogen) atoms. The van der Waals surface area contributed by atoms with Gasteiger partial charge in [0.25, 0.3) is 11.6 Å². The number of anilines is 1. The van der Waals surface area contributed by atoms with Crippen LogP contribution in [0.1, 0.15) is 30.1 Å². The summed E-state index contributed by atoms with van der Waals surface area (Å²) in [5.41, 5.74) is 0.440. The summed E-state index contributed by atoms with van der Waals surface area (Å²) in [4.78, 5) is 37.8. The van der Waals surface area contributed by atoms with Gasteiger partial charge in [-0.15, -0.1) is 0 Å². The summed E-state index contributed by atoms with van der Waals surface area (Å²) >= 11 is 0. The molecule has 0 radical (unpaired) electrons. The maximum atomic E-state index is 12.7. The number of piperidine rings is 1. The first-order valence-corrected chi connectivity index (χ1v) is 8.87. The van der Waals surface area contributed by atoms with Crippen LogP contribution in [0.25, 0.3) is 0 Å². The minimum absolute atomic E-state index is 0.0845. The standard InChI is InChI=1S/C18H25N3O6/c1-13-5-7-19(8-6-13)15-4-3-14(11-16(15)21(25)26)18(24)20(9-10-27-2)12-17(22)23/h3-4,11,13H,5-10,12H2,1-2H3,(H,22,23). The Labute approximate surface area is 157 Å². The second kappa shape index (κ2) is 9.31. The zero-order valence-electron chi connectivity index (χ0n) is 15.6. The van der Waals surface area contributed by atoms with E-state index < -0.39 is 23.3 Å². The van der Waals surface area contributed by atoms with Crippen LogP contribution in [0.5, 0.6) is 0 Å². The van der Waals surface area contributed by atoms with Crippen molar-refractivity contribution in [1.29, 1.82) is 0 Å². The predicted octanol–water partition coefficient (Wildman–Crippen LogP) is 2.00. The fraction of sp³-hybridized carbons (Fsp3) is 0.556. The van der Waals surface area contributed by atoms with Crippen molar-refractivity contribution in [2.45, 2.75) is 19.8 Å². The van der Waals surface area contributed by atoms with E-state index in [-0.39, 0.29) is 24.4 Å². The highest BCUT2D eigenvalue weighted by atomic mass is 16.6. The van der Waals surface area contributed by atoms with Gasteiger partial charge in [0.1, 0.15) is 12.2 Å². The van der Waals surface area contributed by atoms with E-state index in [1.165, 1.54) is 19.2 Å². The Hall–Kier alpha value is -2.68. The number of rotatable bonds is 8. The van der Waals surface area contributed by atoms with Crippen molar-refractivity contribution < 1.29 is 24.4 Å². The summed E-state index contributed by atoms with van der Waals surface area (Å²) in [5.74, 6) is -1.14. The van der Waals surface area contributed by atoms with E-state index in [2.05, 4.69) is 6.92 Å². The largest absolute Gasteiger partial charge is 0.480 e. The second-order valence-electron chi connectivity index (χ2n) is 6.74. The number of nitro groups is 1. The lowest BCUT2D eigenvalue weighted by Gasteiger charge is -2.31. The Morgan fingerprint density at radius 3 is 2.59 bits per heavy atom. The molecule has 0 saturated carbocycles. The number of methoxy groups -OCH3 is 1. The molecule has 0 atom stereocenters. The molecular formula is C18H25N3O6. The number of nitro benzene ring substituents is 1. The first-order valence-electron chi connectivity index (χ1n) is 8.87. The third kappa shape index (κ3) is 5.40. The van der Waals surface area contributed by atoms with Crippen LogP contribution >= 0.6 is 0 Å². The number of ether oxygens (including phenoxy) is 1. The van der Waals surface area contributed by atoms with Gasteiger partial charge in [-0.05, 0) is 30.9 Å². The molecule has 0 aliphatic carbocycles. The van der Waals surface area contributed by atoms with Crippen LogP contribution in [0.2, 0.25) is 0 Å². The van der Waals surface area contributed by atoms with Crippen LogP contribution < -0.4 is 4.90 Å². The number of amides is 1. The summed E-state index contributed by atoms with van der Waals surface area (Å²) in [6.07, 6.45) is 1.92. The smallest absolute Gasteiger partial charge is 0.323 e. The minimum atomic E-state index is -1.16. The zero-order chi connectivity index (χ0) is 20.0. The Balaban J connectivity index is 2.28. The van der Waals surface area contributed by atoms with E-state index in [9.17, 15) is 19.7 Å². The van der Waals surface area contributed by atoms with Crippen molar-refractivity contribution in [1.82, 2.24) is 4.90 Å². The third-order valence-electron chi connectivity index (χ3n) is 4.72. The first-order chi connectivity index (χ1) is 12.8. The highest BCUT2D eigenvalue weighted by Gasteiger charge is 2.26. The number of aliphatic carboxylic acids is 1. The lowest BCUT2D eigenvalue weighted by molar-refractivity contribution is -0.384. The number of benzene rings is 1. The molecule has 1 saturated heterocycles. The van der Waals surface area contributed by atoms with Gasteiger partial charge in [0, 0.05) is 38.4 Å². The second-order valence-corrected chi connectivity index (χ2v) is 6.74. The number of hydrogen-bond acceptors (Lipinski definition) is 6. The fourth-order valence-electron chi connectivity index (χ4n) is 3.12. The van der Waals surface area contributed by atoms with Gasteiger partial charge in [-0.1, -0.05) is 6.92 Å². The summed E-state index contributed by atoms with van der Waals surface area (Å²) in [6.45, 7) is 3.38. The van der Waals surface area contributed by atoms with Gasteiger partial charge in [-0.2, -0.15) is 0 Å². The Morgan fingerprint density at radius 2 is 2.04 bits per heavy atom. The molecule has 0 unspecified atom stereocenters. The number of nitrogens with zero attached hydrogens (tertiary/aromatic N) is 3. The van der Waals surface area contributed by atoms with Crippen LogP contribution in [0.4, 0.5) is 11.4 Å². The monoisotopic (exact) mass is 379 g/mol. The fourth-order valence-corrected chi connectivity index (χ4v) is 3.12. The molecule has 1 aliphatic rings. The molecule has 9 heteroatoms. The normalized spacial score (nSPS) is 14.8. The number of hydrogen-bond donors (Lipinski definition) is 1. The van der Waals surface area contributed by atoms with Crippen LogP contribution in [0, 0.1) is 16.0 Å². The molecular weight excluding hydrogens is 354 g/mol.